The van der Waals surface area contributed by atoms with Gasteiger partial charge in [0.1, 0.15) is 0 Å². The minimum absolute atomic E-state index is 0.0742. The second-order valence-electron chi connectivity index (χ2n) is 10.1. The summed E-state index contributed by atoms with van der Waals surface area (Å²) >= 11 is 1.59. The number of aryl methyl sites for hydroxylation is 2. The number of nitrogens with zero attached hydrogens (tertiary/aromatic N) is 2. The highest BCUT2D eigenvalue weighted by Gasteiger charge is 2.43. The molecule has 2 heterocycles. The van der Waals surface area contributed by atoms with Crippen molar-refractivity contribution in [3.05, 3.63) is 45.5 Å². The Morgan fingerprint density at radius 1 is 1.36 bits per heavy atom. The van der Waals surface area contributed by atoms with Crippen molar-refractivity contribution in [1.82, 2.24) is 14.5 Å². The summed E-state index contributed by atoms with van der Waals surface area (Å²) in [5, 5.41) is 15.3. The fourth-order valence-electron chi connectivity index (χ4n) is 5.28. The van der Waals surface area contributed by atoms with Crippen LogP contribution in [0.4, 0.5) is 0 Å². The molecule has 0 bridgehead atoms. The summed E-state index contributed by atoms with van der Waals surface area (Å²) in [6.45, 7) is 10.8. The molecule has 5 atom stereocenters. The number of carbonyl (C=O) groups is 2. The number of allylic oxidation sites excluding steroid dienone is 1. The smallest absolute Gasteiger partial charge is 0.274 e. The Labute approximate surface area is 218 Å². The largest absolute Gasteiger partial charge is 0.393 e. The minimum atomic E-state index is -3.83. The average molecular weight is 539 g/mol. The quantitative estimate of drug-likeness (QED) is 0.387. The number of amides is 1. The average Bonchev–Trinajstić information content (AvgIpc) is 3.27. The number of nitrogens with two attached hydrogens (primary N) is 1. The van der Waals surface area contributed by atoms with E-state index in [0.29, 0.717) is 31.6 Å². The zero-order chi connectivity index (χ0) is 26.8. The first kappa shape index (κ1) is 28.8. The lowest BCUT2D eigenvalue weighted by Gasteiger charge is -2.28. The number of carbonyl (C=O) groups excluding carboxylic acids is 2. The number of aldehydes is 1. The minimum Gasteiger partial charge on any atom is -0.393 e. The first-order valence-electron chi connectivity index (χ1n) is 12.2. The number of nitrogens with one attached hydrogen (secondary N) is 1. The lowest BCUT2D eigenvalue weighted by molar-refractivity contribution is -0.130. The van der Waals surface area contributed by atoms with E-state index < -0.39 is 16.3 Å². The highest BCUT2D eigenvalue weighted by atomic mass is 32.2. The number of likely N-dealkylation sites (tertiary alicyclic amines) is 1. The Morgan fingerprint density at radius 3 is 2.64 bits per heavy atom. The topological polar surface area (TPSA) is 133 Å². The zero-order valence-electron chi connectivity index (χ0n) is 21.6. The van der Waals surface area contributed by atoms with E-state index in [1.54, 1.807) is 18.7 Å². The molecule has 0 saturated carbocycles. The fourth-order valence-corrected chi connectivity index (χ4v) is 7.29. The van der Waals surface area contributed by atoms with Crippen molar-refractivity contribution in [2.75, 3.05) is 13.1 Å². The van der Waals surface area contributed by atoms with E-state index in [2.05, 4.69) is 34.7 Å². The molecule has 1 amide bonds. The van der Waals surface area contributed by atoms with Gasteiger partial charge in [-0.15, -0.1) is 11.8 Å². The molecule has 0 unspecified atom stereocenters. The van der Waals surface area contributed by atoms with Crippen LogP contribution < -0.4 is 9.86 Å². The molecule has 11 heteroatoms. The van der Waals surface area contributed by atoms with Crippen LogP contribution in [0.3, 0.4) is 0 Å². The molecule has 200 valence electrons. The molecule has 36 heavy (non-hydrogen) atoms. The molecule has 0 aromatic heterocycles. The Morgan fingerprint density at radius 2 is 2.06 bits per heavy atom. The van der Waals surface area contributed by atoms with Gasteiger partial charge in [-0.2, -0.15) is 8.42 Å². The summed E-state index contributed by atoms with van der Waals surface area (Å²) in [5.41, 5.74) is 3.89. The van der Waals surface area contributed by atoms with Gasteiger partial charge in [0.2, 0.25) is 5.91 Å². The molecule has 3 rings (SSSR count). The van der Waals surface area contributed by atoms with Crippen LogP contribution >= 0.6 is 11.8 Å². The number of aliphatic hydroxyl groups excluding tert-OH is 1. The van der Waals surface area contributed by atoms with Gasteiger partial charge in [0.05, 0.1) is 11.8 Å². The third-order valence-electron chi connectivity index (χ3n) is 7.05. The summed E-state index contributed by atoms with van der Waals surface area (Å²) < 4.78 is 25.6. The number of hydrogen-bond acceptors (Lipinski definition) is 7. The third-order valence-corrected chi connectivity index (χ3v) is 9.13. The molecule has 1 aromatic carbocycles. The first-order chi connectivity index (χ1) is 16.8. The van der Waals surface area contributed by atoms with E-state index in [4.69, 9.17) is 5.14 Å². The van der Waals surface area contributed by atoms with Gasteiger partial charge in [0.25, 0.3) is 10.2 Å². The molecular formula is C25H38N4O5S2. The van der Waals surface area contributed by atoms with Gasteiger partial charge in [0, 0.05) is 54.7 Å². The van der Waals surface area contributed by atoms with Crippen LogP contribution in [-0.4, -0.2) is 72.0 Å². The van der Waals surface area contributed by atoms with Crippen molar-refractivity contribution in [2.24, 2.45) is 11.1 Å². The lowest BCUT2D eigenvalue weighted by atomic mass is 9.98. The van der Waals surface area contributed by atoms with Crippen LogP contribution in [0.2, 0.25) is 0 Å². The number of aliphatic hydroxyl groups is 1. The van der Waals surface area contributed by atoms with Crippen LogP contribution in [0.5, 0.6) is 0 Å². The van der Waals surface area contributed by atoms with Crippen molar-refractivity contribution >= 4 is 34.2 Å². The van der Waals surface area contributed by atoms with Crippen LogP contribution in [0.1, 0.15) is 50.3 Å². The summed E-state index contributed by atoms with van der Waals surface area (Å²) in [7, 11) is -3.83. The molecule has 9 nitrogen and oxygen atoms in total. The number of benzene rings is 1. The van der Waals surface area contributed by atoms with Gasteiger partial charge in [-0.05, 0) is 44.7 Å². The molecule has 4 N–H and O–H groups in total. The van der Waals surface area contributed by atoms with Gasteiger partial charge < -0.3 is 10.0 Å². The fraction of sp³-hybridized carbons (Fsp3) is 0.600. The zero-order valence-corrected chi connectivity index (χ0v) is 23.2. The van der Waals surface area contributed by atoms with Crippen LogP contribution in [0.15, 0.2) is 28.8 Å². The molecule has 0 aliphatic carbocycles. The summed E-state index contributed by atoms with van der Waals surface area (Å²) in [5.74, 6) is -0.314. The number of rotatable bonds is 10. The summed E-state index contributed by atoms with van der Waals surface area (Å²) in [6.07, 6.45) is 1.21. The molecule has 2 aliphatic rings. The van der Waals surface area contributed by atoms with E-state index in [9.17, 15) is 23.1 Å². The Bertz CT molecular complexity index is 1120. The van der Waals surface area contributed by atoms with Crippen molar-refractivity contribution in [2.45, 2.75) is 77.4 Å². The Balaban J connectivity index is 1.85. The van der Waals surface area contributed by atoms with Crippen molar-refractivity contribution in [1.29, 1.82) is 0 Å². The maximum atomic E-state index is 12.4. The molecule has 1 saturated heterocycles. The van der Waals surface area contributed by atoms with E-state index in [1.165, 1.54) is 23.0 Å². The predicted molar refractivity (Wildman–Crippen MR) is 142 cm³/mol. The SMILES string of the molecule is CC(=O)N1C(C=O)=C(S[C@H]2C[C@@H](CNS(N)(=O)=O)N(Cc3cc(C)ccc3C)C2)[C@H](C)[C@@H]1C[C@@H](C)O. The van der Waals surface area contributed by atoms with Gasteiger partial charge in [-0.25, -0.2) is 9.86 Å². The molecule has 1 aromatic rings. The maximum absolute atomic E-state index is 12.4. The molecular weight excluding hydrogens is 500 g/mol. The molecule has 2 aliphatic heterocycles. The molecule has 0 spiro atoms. The third kappa shape index (κ3) is 6.96. The molecule has 1 fully saturated rings. The van der Waals surface area contributed by atoms with Crippen molar-refractivity contribution in [3.63, 3.8) is 0 Å². The number of thioether (sulfide) groups is 1. The highest BCUT2D eigenvalue weighted by Crippen LogP contribution is 2.45. The van der Waals surface area contributed by atoms with Crippen molar-refractivity contribution in [3.8, 4) is 0 Å². The second-order valence-corrected chi connectivity index (χ2v) is 12.8. The van der Waals surface area contributed by atoms with Gasteiger partial charge in [-0.1, -0.05) is 30.7 Å². The Hall–Kier alpha value is -1.76. The number of hydrogen-bond donors (Lipinski definition) is 3. The maximum Gasteiger partial charge on any atom is 0.274 e. The van der Waals surface area contributed by atoms with E-state index in [0.717, 1.165) is 16.8 Å². The Kier molecular flexibility index (Phi) is 9.40. The second kappa shape index (κ2) is 11.7. The monoisotopic (exact) mass is 538 g/mol. The van der Waals surface area contributed by atoms with E-state index in [1.807, 2.05) is 13.8 Å². The van der Waals surface area contributed by atoms with Gasteiger partial charge >= 0.3 is 0 Å². The normalized spacial score (nSPS) is 26.0. The van der Waals surface area contributed by atoms with E-state index in [-0.39, 0.29) is 35.7 Å². The van der Waals surface area contributed by atoms with Gasteiger partial charge in [0.15, 0.2) is 6.29 Å². The van der Waals surface area contributed by atoms with E-state index >= 15 is 0 Å². The molecule has 0 radical (unpaired) electrons. The highest BCUT2D eigenvalue weighted by molar-refractivity contribution is 8.03. The van der Waals surface area contributed by atoms with Crippen molar-refractivity contribution < 1.29 is 23.1 Å². The van der Waals surface area contributed by atoms with Crippen LogP contribution in [0.25, 0.3) is 0 Å². The van der Waals surface area contributed by atoms with Crippen LogP contribution in [-0.2, 0) is 26.3 Å². The standard InChI is InChI=1S/C25H38N4O5S2/c1-15-6-7-16(2)20(8-15)12-28-13-22(10-21(28)11-27-36(26,33)34)35-25-18(4)23(9-17(3)31)29(19(5)32)24(25)14-30/h6-8,14,17-18,21-23,27,31H,9-13H2,1-5H3,(H2,26,33,34)/t17-,18-,21+,22+,23+/m1/s1. The predicted octanol–water partition coefficient (Wildman–Crippen LogP) is 1.82. The first-order valence-corrected chi connectivity index (χ1v) is 14.6. The van der Waals surface area contributed by atoms with Gasteiger partial charge in [-0.3, -0.25) is 14.5 Å². The summed E-state index contributed by atoms with van der Waals surface area (Å²) in [6, 6.07) is 5.95. The lowest BCUT2D eigenvalue weighted by Crippen LogP contribution is -2.42. The summed E-state index contributed by atoms with van der Waals surface area (Å²) in [4.78, 5) is 29.2. The van der Waals surface area contributed by atoms with Crippen LogP contribution in [0, 0.1) is 19.8 Å².